The van der Waals surface area contributed by atoms with Gasteiger partial charge in [0.1, 0.15) is 9.84 Å². The summed E-state index contributed by atoms with van der Waals surface area (Å²) in [6.07, 6.45) is 4.22. The van der Waals surface area contributed by atoms with E-state index < -0.39 is 9.84 Å². The van der Waals surface area contributed by atoms with Crippen LogP contribution in [-0.2, 0) is 9.84 Å². The van der Waals surface area contributed by atoms with Crippen LogP contribution in [0.4, 0.5) is 0 Å². The number of nitrogens with zero attached hydrogens (tertiary/aromatic N) is 1. The molecule has 0 aliphatic carbocycles. The molecule has 0 rings (SSSR count). The summed E-state index contributed by atoms with van der Waals surface area (Å²) < 4.78 is 20.7. The topological polar surface area (TPSA) is 57.9 Å². The summed E-state index contributed by atoms with van der Waals surface area (Å²) in [6, 6.07) is 2.10. The van der Waals surface area contributed by atoms with Crippen LogP contribution in [0.25, 0.3) is 0 Å². The molecule has 0 radical (unpaired) electrons. The van der Waals surface area contributed by atoms with Crippen LogP contribution in [0.1, 0.15) is 46.5 Å². The lowest BCUT2D eigenvalue weighted by Gasteiger charge is -1.89. The van der Waals surface area contributed by atoms with Crippen molar-refractivity contribution in [1.82, 2.24) is 0 Å². The molecule has 0 aliphatic heterocycles. The average Bonchev–Trinajstić information content (AvgIpc) is 2.20. The number of rotatable bonds is 5. The first-order valence-corrected chi connectivity index (χ1v) is 6.93. The largest absolute Gasteiger partial charge is 0.229 e. The molecule has 0 unspecified atom stereocenters. The van der Waals surface area contributed by atoms with E-state index in [1.165, 1.54) is 12.8 Å². The monoisotopic (exact) mass is 219 g/mol. The predicted octanol–water partition coefficient (Wildman–Crippen LogP) is 2.53. The Kier molecular flexibility index (Phi) is 11.9. The molecule has 0 aliphatic rings. The Bertz CT molecular complexity index is 229. The molecule has 0 bridgehead atoms. The highest BCUT2D eigenvalue weighted by atomic mass is 32.2. The van der Waals surface area contributed by atoms with Crippen LogP contribution in [0.15, 0.2) is 0 Å². The fourth-order valence-corrected chi connectivity index (χ4v) is 1.07. The lowest BCUT2D eigenvalue weighted by molar-refractivity contribution is 0.598. The standard InChI is InChI=1S/C6H11N.C4H10O2S/c1-2-3-4-5-6-7;1-3-7(5,6)4-2/h2-5H2,1H3;3-4H2,1-2H3. The summed E-state index contributed by atoms with van der Waals surface area (Å²) in [6.45, 7) is 5.44. The van der Waals surface area contributed by atoms with E-state index in [2.05, 4.69) is 13.0 Å². The van der Waals surface area contributed by atoms with Crippen molar-refractivity contribution in [3.63, 3.8) is 0 Å². The first kappa shape index (κ1) is 15.9. The lowest BCUT2D eigenvalue weighted by Crippen LogP contribution is -2.04. The Balaban J connectivity index is 0. The molecule has 0 heterocycles. The molecule has 0 aromatic carbocycles. The van der Waals surface area contributed by atoms with E-state index in [9.17, 15) is 8.42 Å². The quantitative estimate of drug-likeness (QED) is 0.668. The summed E-state index contributed by atoms with van der Waals surface area (Å²) in [5, 5.41) is 8.04. The van der Waals surface area contributed by atoms with Crippen molar-refractivity contribution in [2.45, 2.75) is 46.5 Å². The number of hydrogen-bond acceptors (Lipinski definition) is 3. The van der Waals surface area contributed by atoms with Gasteiger partial charge in [-0.1, -0.05) is 33.6 Å². The minimum absolute atomic E-state index is 0.267. The fourth-order valence-electron chi connectivity index (χ4n) is 0.658. The van der Waals surface area contributed by atoms with E-state index in [-0.39, 0.29) is 11.5 Å². The minimum Gasteiger partial charge on any atom is -0.229 e. The molecule has 4 heteroatoms. The molecular formula is C10H21NO2S. The molecule has 0 spiro atoms. The van der Waals surface area contributed by atoms with Gasteiger partial charge in [-0.15, -0.1) is 0 Å². The van der Waals surface area contributed by atoms with Crippen molar-refractivity contribution >= 4 is 9.84 Å². The molecule has 0 aromatic rings. The Morgan fingerprint density at radius 1 is 1.07 bits per heavy atom. The molecule has 84 valence electrons. The predicted molar refractivity (Wildman–Crippen MR) is 59.8 cm³/mol. The van der Waals surface area contributed by atoms with Gasteiger partial charge in [0, 0.05) is 17.9 Å². The number of unbranched alkanes of at least 4 members (excludes halogenated alkanes) is 3. The minimum atomic E-state index is -2.66. The van der Waals surface area contributed by atoms with Gasteiger partial charge in [-0.2, -0.15) is 5.26 Å². The van der Waals surface area contributed by atoms with E-state index >= 15 is 0 Å². The van der Waals surface area contributed by atoms with Gasteiger partial charge in [-0.05, 0) is 6.42 Å². The van der Waals surface area contributed by atoms with Crippen molar-refractivity contribution in [2.24, 2.45) is 0 Å². The van der Waals surface area contributed by atoms with Gasteiger partial charge in [0.25, 0.3) is 0 Å². The zero-order chi connectivity index (χ0) is 11.4. The van der Waals surface area contributed by atoms with E-state index in [0.29, 0.717) is 0 Å². The Morgan fingerprint density at radius 2 is 1.57 bits per heavy atom. The second kappa shape index (κ2) is 10.5. The van der Waals surface area contributed by atoms with Gasteiger partial charge in [-0.3, -0.25) is 0 Å². The fraction of sp³-hybridized carbons (Fsp3) is 0.900. The van der Waals surface area contributed by atoms with E-state index in [1.807, 2.05) is 0 Å². The van der Waals surface area contributed by atoms with Crippen molar-refractivity contribution in [2.75, 3.05) is 11.5 Å². The summed E-state index contributed by atoms with van der Waals surface area (Å²) in [7, 11) is -2.66. The summed E-state index contributed by atoms with van der Waals surface area (Å²) >= 11 is 0. The number of sulfone groups is 1. The molecule has 0 saturated heterocycles. The number of nitriles is 1. The first-order valence-electron chi connectivity index (χ1n) is 5.11. The van der Waals surface area contributed by atoms with Gasteiger partial charge in [0.2, 0.25) is 0 Å². The molecule has 14 heavy (non-hydrogen) atoms. The van der Waals surface area contributed by atoms with Crippen LogP contribution in [0.5, 0.6) is 0 Å². The van der Waals surface area contributed by atoms with Crippen LogP contribution in [0.3, 0.4) is 0 Å². The van der Waals surface area contributed by atoms with Crippen LogP contribution < -0.4 is 0 Å². The van der Waals surface area contributed by atoms with Gasteiger partial charge in [0.05, 0.1) is 6.07 Å². The highest BCUT2D eigenvalue weighted by Crippen LogP contribution is 1.95. The molecule has 0 fully saturated rings. The number of hydrogen-bond donors (Lipinski definition) is 0. The van der Waals surface area contributed by atoms with Gasteiger partial charge in [-0.25, -0.2) is 8.42 Å². The molecule has 3 nitrogen and oxygen atoms in total. The van der Waals surface area contributed by atoms with Crippen LogP contribution >= 0.6 is 0 Å². The molecular weight excluding hydrogens is 198 g/mol. The average molecular weight is 219 g/mol. The smallest absolute Gasteiger partial charge is 0.149 e. The second-order valence-electron chi connectivity index (χ2n) is 2.94. The normalized spacial score (nSPS) is 9.86. The third kappa shape index (κ3) is 14.0. The molecule has 0 saturated carbocycles. The van der Waals surface area contributed by atoms with E-state index in [1.54, 1.807) is 13.8 Å². The SMILES string of the molecule is CCCCCC#N.CCS(=O)(=O)CC. The van der Waals surface area contributed by atoms with Gasteiger partial charge < -0.3 is 0 Å². The maximum Gasteiger partial charge on any atom is 0.149 e. The molecule has 0 aromatic heterocycles. The van der Waals surface area contributed by atoms with Crippen LogP contribution in [0.2, 0.25) is 0 Å². The van der Waals surface area contributed by atoms with Crippen LogP contribution in [0, 0.1) is 11.3 Å². The summed E-state index contributed by atoms with van der Waals surface area (Å²) in [5.41, 5.74) is 0. The Hall–Kier alpha value is -0.560. The van der Waals surface area contributed by atoms with Crippen molar-refractivity contribution in [3.05, 3.63) is 0 Å². The maximum atomic E-state index is 10.4. The second-order valence-corrected chi connectivity index (χ2v) is 5.58. The molecule has 0 amide bonds. The van der Waals surface area contributed by atoms with E-state index in [0.717, 1.165) is 12.8 Å². The molecule has 0 atom stereocenters. The maximum absolute atomic E-state index is 10.4. The summed E-state index contributed by atoms with van der Waals surface area (Å²) in [4.78, 5) is 0. The first-order chi connectivity index (χ1) is 6.54. The van der Waals surface area contributed by atoms with Gasteiger partial charge in [0.15, 0.2) is 0 Å². The van der Waals surface area contributed by atoms with Gasteiger partial charge >= 0.3 is 0 Å². The van der Waals surface area contributed by atoms with E-state index in [4.69, 9.17) is 5.26 Å². The third-order valence-corrected chi connectivity index (χ3v) is 3.53. The zero-order valence-electron chi connectivity index (χ0n) is 9.41. The third-order valence-electron chi connectivity index (χ3n) is 1.77. The van der Waals surface area contributed by atoms with Crippen molar-refractivity contribution in [1.29, 1.82) is 5.26 Å². The zero-order valence-corrected chi connectivity index (χ0v) is 10.2. The molecule has 0 N–H and O–H groups in total. The summed E-state index contributed by atoms with van der Waals surface area (Å²) in [5.74, 6) is 0.535. The highest BCUT2D eigenvalue weighted by Gasteiger charge is 1.99. The van der Waals surface area contributed by atoms with Crippen molar-refractivity contribution < 1.29 is 8.42 Å². The Labute approximate surface area is 88.0 Å². The Morgan fingerprint density at radius 3 is 1.79 bits per heavy atom. The highest BCUT2D eigenvalue weighted by molar-refractivity contribution is 7.91. The van der Waals surface area contributed by atoms with Crippen LogP contribution in [-0.4, -0.2) is 19.9 Å². The lowest BCUT2D eigenvalue weighted by atomic mass is 10.2. The van der Waals surface area contributed by atoms with Crippen molar-refractivity contribution in [3.8, 4) is 6.07 Å².